The highest BCUT2D eigenvalue weighted by Gasteiger charge is 2.29. The van der Waals surface area contributed by atoms with Gasteiger partial charge in [-0.1, -0.05) is 50.2 Å². The summed E-state index contributed by atoms with van der Waals surface area (Å²) in [6.07, 6.45) is 1.05. The first kappa shape index (κ1) is 15.9. The van der Waals surface area contributed by atoms with Crippen molar-refractivity contribution in [1.82, 2.24) is 4.90 Å². The van der Waals surface area contributed by atoms with Gasteiger partial charge in [-0.05, 0) is 24.9 Å². The maximum absolute atomic E-state index is 12.6. The van der Waals surface area contributed by atoms with Gasteiger partial charge in [0.2, 0.25) is 0 Å². The smallest absolute Gasteiger partial charge is 0.169 e. The lowest BCUT2D eigenvalue weighted by molar-refractivity contribution is 0.0784. The predicted octanol–water partition coefficient (Wildman–Crippen LogP) is 4.13. The lowest BCUT2D eigenvalue weighted by Gasteiger charge is -2.29. The highest BCUT2D eigenvalue weighted by molar-refractivity contribution is 7.09. The van der Waals surface area contributed by atoms with Crippen LogP contribution in [0.4, 0.5) is 0 Å². The first-order valence-electron chi connectivity index (χ1n) is 7.30. The topological polar surface area (TPSA) is 20.3 Å². The van der Waals surface area contributed by atoms with Crippen LogP contribution < -0.4 is 0 Å². The molecule has 112 valence electrons. The fourth-order valence-corrected chi connectivity index (χ4v) is 3.26. The molecule has 1 aromatic carbocycles. The number of Topliss-reactive ketones (excluding diaryl/α,β-unsaturated/α-hetero) is 1. The standard InChI is InChI=1S/C18H23NOS/c1-18(2,17(20)15-8-5-4-6-9-15)14-19(3)12-11-16-10-7-13-21-16/h4-10,13H,11-12,14H2,1-3H3. The number of ketones is 1. The summed E-state index contributed by atoms with van der Waals surface area (Å²) in [5.74, 6) is 0.214. The van der Waals surface area contributed by atoms with Crippen LogP contribution >= 0.6 is 11.3 Å². The normalized spacial score (nSPS) is 11.8. The Balaban J connectivity index is 1.92. The van der Waals surface area contributed by atoms with Crippen LogP contribution in [0.3, 0.4) is 0 Å². The van der Waals surface area contributed by atoms with Crippen LogP contribution in [-0.4, -0.2) is 30.8 Å². The molecule has 2 rings (SSSR count). The van der Waals surface area contributed by atoms with Crippen LogP contribution in [0.5, 0.6) is 0 Å². The van der Waals surface area contributed by atoms with Crippen LogP contribution in [0.25, 0.3) is 0 Å². The minimum Gasteiger partial charge on any atom is -0.305 e. The van der Waals surface area contributed by atoms with Gasteiger partial charge in [0, 0.05) is 28.9 Å². The third-order valence-corrected chi connectivity index (χ3v) is 4.57. The second-order valence-electron chi connectivity index (χ2n) is 6.15. The van der Waals surface area contributed by atoms with E-state index in [0.29, 0.717) is 0 Å². The Morgan fingerprint density at radius 3 is 2.48 bits per heavy atom. The summed E-state index contributed by atoms with van der Waals surface area (Å²) in [7, 11) is 2.09. The maximum atomic E-state index is 12.6. The summed E-state index contributed by atoms with van der Waals surface area (Å²) in [6.45, 7) is 5.81. The van der Waals surface area contributed by atoms with Gasteiger partial charge in [0.1, 0.15) is 0 Å². The molecule has 3 heteroatoms. The van der Waals surface area contributed by atoms with Crippen LogP contribution in [0, 0.1) is 5.41 Å². The Bertz CT molecular complexity index is 560. The Morgan fingerprint density at radius 2 is 1.86 bits per heavy atom. The number of hydrogen-bond acceptors (Lipinski definition) is 3. The van der Waals surface area contributed by atoms with Crippen molar-refractivity contribution in [2.24, 2.45) is 5.41 Å². The molecular formula is C18H23NOS. The number of nitrogens with zero attached hydrogens (tertiary/aromatic N) is 1. The minimum atomic E-state index is -0.369. The largest absolute Gasteiger partial charge is 0.305 e. The maximum Gasteiger partial charge on any atom is 0.169 e. The molecule has 0 amide bonds. The molecule has 1 aromatic heterocycles. The number of hydrogen-bond donors (Lipinski definition) is 0. The Hall–Kier alpha value is -1.45. The molecule has 0 fully saturated rings. The summed E-state index contributed by atoms with van der Waals surface area (Å²) in [4.78, 5) is 16.3. The summed E-state index contributed by atoms with van der Waals surface area (Å²) in [5, 5.41) is 2.11. The Labute approximate surface area is 131 Å². The van der Waals surface area contributed by atoms with Crippen molar-refractivity contribution in [2.75, 3.05) is 20.1 Å². The van der Waals surface area contributed by atoms with Crippen molar-refractivity contribution < 1.29 is 4.79 Å². The molecule has 0 N–H and O–H groups in total. The fourth-order valence-electron chi connectivity index (χ4n) is 2.56. The van der Waals surface area contributed by atoms with Gasteiger partial charge in [0.25, 0.3) is 0 Å². The van der Waals surface area contributed by atoms with E-state index in [1.54, 1.807) is 11.3 Å². The summed E-state index contributed by atoms with van der Waals surface area (Å²) in [5.41, 5.74) is 0.431. The summed E-state index contributed by atoms with van der Waals surface area (Å²) in [6, 6.07) is 13.8. The van der Waals surface area contributed by atoms with E-state index >= 15 is 0 Å². The van der Waals surface area contributed by atoms with Gasteiger partial charge < -0.3 is 4.90 Å². The van der Waals surface area contributed by atoms with Gasteiger partial charge in [-0.25, -0.2) is 0 Å². The van der Waals surface area contributed by atoms with E-state index in [-0.39, 0.29) is 11.2 Å². The number of thiophene rings is 1. The zero-order valence-electron chi connectivity index (χ0n) is 13.0. The van der Waals surface area contributed by atoms with Crippen molar-refractivity contribution in [3.63, 3.8) is 0 Å². The third kappa shape index (κ3) is 4.51. The molecule has 2 aromatic rings. The molecule has 0 aliphatic rings. The van der Waals surface area contributed by atoms with Crippen molar-refractivity contribution in [3.8, 4) is 0 Å². The van der Waals surface area contributed by atoms with E-state index in [1.807, 2.05) is 44.2 Å². The van der Waals surface area contributed by atoms with E-state index < -0.39 is 0 Å². The van der Waals surface area contributed by atoms with Gasteiger partial charge in [0.05, 0.1) is 0 Å². The van der Waals surface area contributed by atoms with E-state index in [4.69, 9.17) is 0 Å². The molecule has 0 bridgehead atoms. The SMILES string of the molecule is CN(CCc1cccs1)CC(C)(C)C(=O)c1ccccc1. The van der Waals surface area contributed by atoms with Crippen LogP contribution in [0.2, 0.25) is 0 Å². The number of likely N-dealkylation sites (N-methyl/N-ethyl adjacent to an activating group) is 1. The highest BCUT2D eigenvalue weighted by Crippen LogP contribution is 2.23. The molecule has 0 atom stereocenters. The van der Waals surface area contributed by atoms with Gasteiger partial charge in [-0.2, -0.15) is 0 Å². The van der Waals surface area contributed by atoms with E-state index in [0.717, 1.165) is 25.1 Å². The van der Waals surface area contributed by atoms with Gasteiger partial charge in [-0.15, -0.1) is 11.3 Å². The molecule has 0 spiro atoms. The van der Waals surface area contributed by atoms with Crippen molar-refractivity contribution in [3.05, 3.63) is 58.3 Å². The summed E-state index contributed by atoms with van der Waals surface area (Å²) < 4.78 is 0. The van der Waals surface area contributed by atoms with Gasteiger partial charge >= 0.3 is 0 Å². The zero-order chi connectivity index (χ0) is 15.3. The van der Waals surface area contributed by atoms with Crippen molar-refractivity contribution >= 4 is 17.1 Å². The van der Waals surface area contributed by atoms with E-state index in [2.05, 4.69) is 29.5 Å². The first-order chi connectivity index (χ1) is 9.99. The third-order valence-electron chi connectivity index (χ3n) is 3.64. The van der Waals surface area contributed by atoms with Crippen LogP contribution in [0.15, 0.2) is 47.8 Å². The molecule has 1 heterocycles. The number of rotatable bonds is 7. The Morgan fingerprint density at radius 1 is 1.14 bits per heavy atom. The number of benzene rings is 1. The molecule has 0 saturated heterocycles. The van der Waals surface area contributed by atoms with Crippen LogP contribution in [-0.2, 0) is 6.42 Å². The quantitative estimate of drug-likeness (QED) is 0.717. The Kier molecular flexibility index (Phi) is 5.32. The predicted molar refractivity (Wildman–Crippen MR) is 90.1 cm³/mol. The molecule has 0 aliphatic heterocycles. The molecule has 0 radical (unpaired) electrons. The molecule has 0 unspecified atom stereocenters. The number of carbonyl (C=O) groups excluding carboxylic acids is 1. The summed E-state index contributed by atoms with van der Waals surface area (Å²) >= 11 is 1.79. The second kappa shape index (κ2) is 7.01. The lowest BCUT2D eigenvalue weighted by atomic mass is 9.83. The van der Waals surface area contributed by atoms with Gasteiger partial charge in [-0.3, -0.25) is 4.79 Å². The highest BCUT2D eigenvalue weighted by atomic mass is 32.1. The van der Waals surface area contributed by atoms with Crippen molar-refractivity contribution in [2.45, 2.75) is 20.3 Å². The number of carbonyl (C=O) groups is 1. The monoisotopic (exact) mass is 301 g/mol. The van der Waals surface area contributed by atoms with E-state index in [1.165, 1.54) is 4.88 Å². The van der Waals surface area contributed by atoms with E-state index in [9.17, 15) is 4.79 Å². The average Bonchev–Trinajstić information content (AvgIpc) is 2.98. The molecule has 0 aliphatic carbocycles. The molecule has 0 saturated carbocycles. The minimum absolute atomic E-state index is 0.214. The van der Waals surface area contributed by atoms with Gasteiger partial charge in [0.15, 0.2) is 5.78 Å². The first-order valence-corrected chi connectivity index (χ1v) is 8.18. The van der Waals surface area contributed by atoms with Crippen molar-refractivity contribution in [1.29, 1.82) is 0 Å². The lowest BCUT2D eigenvalue weighted by Crippen LogP contribution is -2.38. The van der Waals surface area contributed by atoms with Crippen LogP contribution in [0.1, 0.15) is 29.1 Å². The molecule has 21 heavy (non-hydrogen) atoms. The zero-order valence-corrected chi connectivity index (χ0v) is 13.8. The average molecular weight is 301 g/mol. The molecular weight excluding hydrogens is 278 g/mol. The fraction of sp³-hybridized carbons (Fsp3) is 0.389. The molecule has 2 nitrogen and oxygen atoms in total. The second-order valence-corrected chi connectivity index (χ2v) is 7.18.